The zero-order valence-electron chi connectivity index (χ0n) is 11.2. The summed E-state index contributed by atoms with van der Waals surface area (Å²) in [5.41, 5.74) is 0. The Morgan fingerprint density at radius 1 is 1.63 bits per heavy atom. The Hall–Kier alpha value is -1.39. The molecule has 0 bridgehead atoms. The summed E-state index contributed by atoms with van der Waals surface area (Å²) in [7, 11) is 0. The molecule has 0 spiro atoms. The molecule has 104 valence electrons. The van der Waals surface area contributed by atoms with Crippen molar-refractivity contribution in [3.8, 4) is 5.75 Å². The molecule has 0 amide bonds. The third kappa shape index (κ3) is 4.65. The average molecular weight is 262 g/mol. The highest BCUT2D eigenvalue weighted by atomic mass is 16.5. The first-order chi connectivity index (χ1) is 9.28. The fourth-order valence-corrected chi connectivity index (χ4v) is 2.37. The molecule has 4 nitrogen and oxygen atoms in total. The Labute approximate surface area is 114 Å². The second kappa shape index (κ2) is 7.26. The molecule has 0 aromatic carbocycles. The van der Waals surface area contributed by atoms with Crippen LogP contribution in [0.4, 0.5) is 0 Å². The Kier molecular flexibility index (Phi) is 5.36. The van der Waals surface area contributed by atoms with Gasteiger partial charge in [-0.05, 0) is 31.4 Å². The number of hydrogen-bond acceptors (Lipinski definition) is 4. The van der Waals surface area contributed by atoms with Crippen LogP contribution in [0, 0.1) is 0 Å². The van der Waals surface area contributed by atoms with Gasteiger partial charge in [-0.15, -0.1) is 6.58 Å². The molecule has 2 rings (SSSR count). The molecule has 1 aromatic rings. The monoisotopic (exact) mass is 262 g/mol. The fraction of sp³-hybridized carbons (Fsp3) is 0.533. The van der Waals surface area contributed by atoms with E-state index in [0.717, 1.165) is 44.6 Å². The number of nitrogens with zero attached hydrogens (tertiary/aromatic N) is 2. The predicted octanol–water partition coefficient (Wildman–Crippen LogP) is 1.86. The van der Waals surface area contributed by atoms with Crippen LogP contribution in [0.3, 0.4) is 0 Å². The largest absolute Gasteiger partial charge is 0.487 e. The fourth-order valence-electron chi connectivity index (χ4n) is 2.37. The molecular weight excluding hydrogens is 240 g/mol. The number of allylic oxidation sites excluding steroid dienone is 1. The minimum Gasteiger partial charge on any atom is -0.487 e. The lowest BCUT2D eigenvalue weighted by atomic mass is 10.2. The minimum atomic E-state index is -0.268. The van der Waals surface area contributed by atoms with E-state index in [1.165, 1.54) is 0 Å². The summed E-state index contributed by atoms with van der Waals surface area (Å²) in [5.74, 6) is 0.821. The van der Waals surface area contributed by atoms with Crippen LogP contribution in [0.25, 0.3) is 0 Å². The Bertz CT molecular complexity index is 383. The number of pyridine rings is 1. The van der Waals surface area contributed by atoms with Crippen LogP contribution < -0.4 is 4.74 Å². The van der Waals surface area contributed by atoms with E-state index in [1.807, 2.05) is 18.2 Å². The number of aliphatic hydroxyl groups excluding tert-OH is 1. The van der Waals surface area contributed by atoms with Gasteiger partial charge in [-0.1, -0.05) is 6.08 Å². The van der Waals surface area contributed by atoms with Crippen molar-refractivity contribution in [2.75, 3.05) is 19.6 Å². The van der Waals surface area contributed by atoms with Gasteiger partial charge in [-0.3, -0.25) is 9.88 Å². The maximum Gasteiger partial charge on any atom is 0.138 e. The van der Waals surface area contributed by atoms with E-state index >= 15 is 0 Å². The van der Waals surface area contributed by atoms with Crippen molar-refractivity contribution in [2.24, 2.45) is 0 Å². The van der Waals surface area contributed by atoms with Crippen LogP contribution in [0.2, 0.25) is 0 Å². The first-order valence-electron chi connectivity index (χ1n) is 6.86. The number of aliphatic hydroxyl groups is 1. The van der Waals surface area contributed by atoms with Crippen molar-refractivity contribution in [1.82, 2.24) is 9.88 Å². The van der Waals surface area contributed by atoms with E-state index in [1.54, 1.807) is 12.4 Å². The molecule has 2 heterocycles. The van der Waals surface area contributed by atoms with Crippen LogP contribution in [0.15, 0.2) is 37.2 Å². The normalized spacial score (nSPS) is 21.2. The molecule has 1 fully saturated rings. The average Bonchev–Trinajstić information content (AvgIpc) is 2.85. The standard InChI is InChI=1S/C15H22N2O2/c1-2-3-5-13(18)11-17-9-7-15(12-17)19-14-6-4-8-16-10-14/h2,4,6,8,10,13,15,18H,1,3,5,7,9,11-12H2. The van der Waals surface area contributed by atoms with Crippen molar-refractivity contribution < 1.29 is 9.84 Å². The van der Waals surface area contributed by atoms with Gasteiger partial charge in [0, 0.05) is 25.8 Å². The first kappa shape index (κ1) is 14.0. The molecule has 1 aromatic heterocycles. The number of aromatic nitrogens is 1. The molecule has 0 saturated carbocycles. The number of hydrogen-bond donors (Lipinski definition) is 1. The van der Waals surface area contributed by atoms with Gasteiger partial charge in [0.05, 0.1) is 12.3 Å². The Morgan fingerprint density at radius 3 is 3.26 bits per heavy atom. The Balaban J connectivity index is 1.72. The molecule has 1 N–H and O–H groups in total. The first-order valence-corrected chi connectivity index (χ1v) is 6.86. The summed E-state index contributed by atoms with van der Waals surface area (Å²) in [5, 5.41) is 9.88. The SMILES string of the molecule is C=CCCC(O)CN1CCC(Oc2cccnc2)C1. The second-order valence-corrected chi connectivity index (χ2v) is 5.00. The lowest BCUT2D eigenvalue weighted by Gasteiger charge is -2.19. The smallest absolute Gasteiger partial charge is 0.138 e. The highest BCUT2D eigenvalue weighted by molar-refractivity contribution is 5.16. The van der Waals surface area contributed by atoms with Gasteiger partial charge in [-0.25, -0.2) is 0 Å². The molecule has 2 atom stereocenters. The van der Waals surface area contributed by atoms with Crippen molar-refractivity contribution in [3.05, 3.63) is 37.2 Å². The van der Waals surface area contributed by atoms with Crippen molar-refractivity contribution in [1.29, 1.82) is 0 Å². The summed E-state index contributed by atoms with van der Waals surface area (Å²) in [6.07, 6.45) is 7.92. The highest BCUT2D eigenvalue weighted by Gasteiger charge is 2.25. The molecule has 1 aliphatic heterocycles. The van der Waals surface area contributed by atoms with Crippen molar-refractivity contribution in [2.45, 2.75) is 31.5 Å². The zero-order valence-corrected chi connectivity index (χ0v) is 11.2. The van der Waals surface area contributed by atoms with Crippen LogP contribution >= 0.6 is 0 Å². The van der Waals surface area contributed by atoms with Gasteiger partial charge < -0.3 is 9.84 Å². The molecule has 1 saturated heterocycles. The number of ether oxygens (including phenoxy) is 1. The van der Waals surface area contributed by atoms with Gasteiger partial charge in [0.1, 0.15) is 11.9 Å². The molecule has 0 radical (unpaired) electrons. The third-order valence-electron chi connectivity index (χ3n) is 3.34. The van der Waals surface area contributed by atoms with E-state index < -0.39 is 0 Å². The van der Waals surface area contributed by atoms with E-state index in [9.17, 15) is 5.11 Å². The maximum atomic E-state index is 9.88. The van der Waals surface area contributed by atoms with Gasteiger partial charge in [0.2, 0.25) is 0 Å². The summed E-state index contributed by atoms with van der Waals surface area (Å²) in [6, 6.07) is 3.80. The van der Waals surface area contributed by atoms with Crippen LogP contribution in [-0.2, 0) is 0 Å². The van der Waals surface area contributed by atoms with Gasteiger partial charge >= 0.3 is 0 Å². The molecule has 4 heteroatoms. The van der Waals surface area contributed by atoms with E-state index in [4.69, 9.17) is 4.74 Å². The van der Waals surface area contributed by atoms with E-state index in [-0.39, 0.29) is 12.2 Å². The highest BCUT2D eigenvalue weighted by Crippen LogP contribution is 2.17. The molecule has 1 aliphatic rings. The lowest BCUT2D eigenvalue weighted by Crippen LogP contribution is -2.32. The third-order valence-corrected chi connectivity index (χ3v) is 3.34. The zero-order chi connectivity index (χ0) is 13.5. The number of rotatable bonds is 7. The summed E-state index contributed by atoms with van der Waals surface area (Å²) in [6.45, 7) is 6.25. The van der Waals surface area contributed by atoms with Crippen LogP contribution in [0.5, 0.6) is 5.75 Å². The van der Waals surface area contributed by atoms with Crippen molar-refractivity contribution in [3.63, 3.8) is 0 Å². The predicted molar refractivity (Wildman–Crippen MR) is 75.1 cm³/mol. The van der Waals surface area contributed by atoms with Gasteiger partial charge in [0.25, 0.3) is 0 Å². The van der Waals surface area contributed by atoms with Gasteiger partial charge in [0.15, 0.2) is 0 Å². The second-order valence-electron chi connectivity index (χ2n) is 5.00. The topological polar surface area (TPSA) is 45.6 Å². The number of β-amino-alcohol motifs (C(OH)–C–C–N with tert-alkyl or cyclic N) is 1. The van der Waals surface area contributed by atoms with Crippen molar-refractivity contribution >= 4 is 0 Å². The van der Waals surface area contributed by atoms with E-state index in [2.05, 4.69) is 16.5 Å². The molecule has 0 aliphatic carbocycles. The summed E-state index contributed by atoms with van der Waals surface area (Å²) in [4.78, 5) is 6.30. The minimum absolute atomic E-state index is 0.204. The quantitative estimate of drug-likeness (QED) is 0.762. The lowest BCUT2D eigenvalue weighted by molar-refractivity contribution is 0.110. The van der Waals surface area contributed by atoms with Gasteiger partial charge in [-0.2, -0.15) is 0 Å². The number of likely N-dealkylation sites (tertiary alicyclic amines) is 1. The van der Waals surface area contributed by atoms with Crippen LogP contribution in [0.1, 0.15) is 19.3 Å². The van der Waals surface area contributed by atoms with E-state index in [0.29, 0.717) is 0 Å². The molecule has 19 heavy (non-hydrogen) atoms. The Morgan fingerprint density at radius 2 is 2.53 bits per heavy atom. The summed E-state index contributed by atoms with van der Waals surface area (Å²) >= 11 is 0. The molecular formula is C15H22N2O2. The maximum absolute atomic E-state index is 9.88. The summed E-state index contributed by atoms with van der Waals surface area (Å²) < 4.78 is 5.87. The van der Waals surface area contributed by atoms with Crippen LogP contribution in [-0.4, -0.2) is 46.8 Å². The molecule has 2 unspecified atom stereocenters.